The zero-order valence-corrected chi connectivity index (χ0v) is 12.3. The van der Waals surface area contributed by atoms with Crippen molar-refractivity contribution in [1.82, 2.24) is 10.6 Å². The van der Waals surface area contributed by atoms with Crippen LogP contribution in [0, 0.1) is 0 Å². The fraction of sp³-hybridized carbons (Fsp3) is 0.692. The number of carbonyl (C=O) groups excluding carboxylic acids is 2. The molecule has 0 aromatic heterocycles. The largest absolute Gasteiger partial charge is 0.347 e. The second kappa shape index (κ2) is 11.8. The molecule has 0 aliphatic carbocycles. The molecule has 0 rings (SSSR count). The quantitative estimate of drug-likeness (QED) is 0.353. The first kappa shape index (κ1) is 20.1. The lowest BCUT2D eigenvalue weighted by Crippen LogP contribution is -2.43. The van der Waals surface area contributed by atoms with E-state index in [9.17, 15) is 9.59 Å². The van der Waals surface area contributed by atoms with E-state index in [-0.39, 0.29) is 11.7 Å². The molecule has 0 bridgehead atoms. The van der Waals surface area contributed by atoms with Gasteiger partial charge in [0.15, 0.2) is 0 Å². The molecular formula is C13H28N4O2. The highest BCUT2D eigenvalue weighted by Crippen LogP contribution is 2.08. The van der Waals surface area contributed by atoms with Crippen LogP contribution in [0.25, 0.3) is 0 Å². The van der Waals surface area contributed by atoms with Crippen LogP contribution in [0.15, 0.2) is 12.7 Å². The van der Waals surface area contributed by atoms with E-state index in [1.165, 1.54) is 13.0 Å². The minimum atomic E-state index is -0.475. The maximum Gasteiger partial charge on any atom is 0.243 e. The summed E-state index contributed by atoms with van der Waals surface area (Å²) in [6, 6.07) is 0. The second-order valence-electron chi connectivity index (χ2n) is 4.78. The molecular weight excluding hydrogens is 244 g/mol. The van der Waals surface area contributed by atoms with Gasteiger partial charge in [-0.1, -0.05) is 6.58 Å². The maximum atomic E-state index is 10.9. The van der Waals surface area contributed by atoms with Crippen molar-refractivity contribution in [2.24, 2.45) is 11.5 Å². The zero-order chi connectivity index (χ0) is 15.3. The van der Waals surface area contributed by atoms with Crippen LogP contribution in [-0.4, -0.2) is 43.4 Å². The molecule has 0 aromatic carbocycles. The van der Waals surface area contributed by atoms with Gasteiger partial charge in [0.1, 0.15) is 5.78 Å². The van der Waals surface area contributed by atoms with Crippen molar-refractivity contribution >= 4 is 11.7 Å². The molecule has 6 heteroatoms. The van der Waals surface area contributed by atoms with Crippen molar-refractivity contribution in [3.05, 3.63) is 12.7 Å². The standard InChI is InChI=1S/C9H15NO2.C4H13N3/c1-5-8(12)10-9(3,4)6-7(2)11;5-1-3-7-4-2-6/h5H,1,6H2,2-4H3,(H,10,12);7H,1-6H2. The fourth-order valence-corrected chi connectivity index (χ4v) is 1.38. The average molecular weight is 272 g/mol. The molecule has 0 fully saturated rings. The third kappa shape index (κ3) is 16.8. The normalized spacial score (nSPS) is 10.2. The fourth-order valence-electron chi connectivity index (χ4n) is 1.38. The van der Waals surface area contributed by atoms with Crippen LogP contribution in [-0.2, 0) is 9.59 Å². The molecule has 0 unspecified atom stereocenters. The maximum absolute atomic E-state index is 10.9. The SMILES string of the molecule is C=CC(=O)NC(C)(C)CC(C)=O.NCCNCCN. The third-order valence-corrected chi connectivity index (χ3v) is 1.98. The summed E-state index contributed by atoms with van der Waals surface area (Å²) in [7, 11) is 0. The van der Waals surface area contributed by atoms with Crippen molar-refractivity contribution in [2.45, 2.75) is 32.7 Å². The predicted molar refractivity (Wildman–Crippen MR) is 78.7 cm³/mol. The van der Waals surface area contributed by atoms with Gasteiger partial charge in [0, 0.05) is 38.1 Å². The number of rotatable bonds is 8. The molecule has 112 valence electrons. The summed E-state index contributed by atoms with van der Waals surface area (Å²) in [5, 5.41) is 5.69. The molecule has 0 saturated heterocycles. The van der Waals surface area contributed by atoms with Crippen molar-refractivity contribution in [1.29, 1.82) is 0 Å². The summed E-state index contributed by atoms with van der Waals surface area (Å²) in [4.78, 5) is 21.6. The molecule has 1 amide bonds. The van der Waals surface area contributed by atoms with E-state index in [2.05, 4.69) is 17.2 Å². The van der Waals surface area contributed by atoms with Crippen molar-refractivity contribution < 1.29 is 9.59 Å². The van der Waals surface area contributed by atoms with Crippen LogP contribution in [0.5, 0.6) is 0 Å². The number of hydrogen-bond acceptors (Lipinski definition) is 5. The van der Waals surface area contributed by atoms with Gasteiger partial charge in [-0.05, 0) is 26.8 Å². The van der Waals surface area contributed by atoms with Crippen LogP contribution in [0.2, 0.25) is 0 Å². The Morgan fingerprint density at radius 2 is 1.68 bits per heavy atom. The monoisotopic (exact) mass is 272 g/mol. The van der Waals surface area contributed by atoms with Gasteiger partial charge >= 0.3 is 0 Å². The number of nitrogens with two attached hydrogens (primary N) is 2. The Balaban J connectivity index is 0. The Morgan fingerprint density at radius 3 is 2.00 bits per heavy atom. The molecule has 0 radical (unpaired) electrons. The lowest BCUT2D eigenvalue weighted by Gasteiger charge is -2.23. The van der Waals surface area contributed by atoms with Gasteiger partial charge in [-0.15, -0.1) is 0 Å². The molecule has 0 aliphatic rings. The minimum absolute atomic E-state index is 0.0596. The van der Waals surface area contributed by atoms with Crippen LogP contribution >= 0.6 is 0 Å². The highest BCUT2D eigenvalue weighted by atomic mass is 16.1. The summed E-state index contributed by atoms with van der Waals surface area (Å²) in [6.45, 7) is 11.6. The number of carbonyl (C=O) groups is 2. The number of ketones is 1. The van der Waals surface area contributed by atoms with Gasteiger partial charge in [-0.25, -0.2) is 0 Å². The first-order chi connectivity index (χ1) is 8.79. The number of nitrogens with one attached hydrogen (secondary N) is 2. The molecule has 0 spiro atoms. The molecule has 0 aromatic rings. The van der Waals surface area contributed by atoms with Crippen LogP contribution in [0.1, 0.15) is 27.2 Å². The third-order valence-electron chi connectivity index (χ3n) is 1.98. The molecule has 6 N–H and O–H groups in total. The van der Waals surface area contributed by atoms with Crippen molar-refractivity contribution in [3.8, 4) is 0 Å². The highest BCUT2D eigenvalue weighted by molar-refractivity contribution is 5.88. The first-order valence-electron chi connectivity index (χ1n) is 6.34. The van der Waals surface area contributed by atoms with E-state index < -0.39 is 5.54 Å². The second-order valence-corrected chi connectivity index (χ2v) is 4.78. The number of Topliss-reactive ketones (excluding diaryl/α,β-unsaturated/α-hetero) is 1. The minimum Gasteiger partial charge on any atom is -0.347 e. The van der Waals surface area contributed by atoms with E-state index in [0.717, 1.165) is 13.1 Å². The Kier molecular flexibility index (Phi) is 12.5. The van der Waals surface area contributed by atoms with Gasteiger partial charge < -0.3 is 22.1 Å². The lowest BCUT2D eigenvalue weighted by atomic mass is 9.98. The summed E-state index contributed by atoms with van der Waals surface area (Å²) in [6.07, 6.45) is 1.54. The van der Waals surface area contributed by atoms with E-state index in [4.69, 9.17) is 11.5 Å². The van der Waals surface area contributed by atoms with Crippen LogP contribution in [0.3, 0.4) is 0 Å². The van der Waals surface area contributed by atoms with Gasteiger partial charge in [0.2, 0.25) is 5.91 Å². The van der Waals surface area contributed by atoms with E-state index in [1.54, 1.807) is 13.8 Å². The van der Waals surface area contributed by atoms with Gasteiger partial charge in [-0.3, -0.25) is 9.59 Å². The predicted octanol–water partition coefficient (Wildman–Crippen LogP) is -0.460. The van der Waals surface area contributed by atoms with E-state index in [1.807, 2.05) is 0 Å². The molecule has 0 saturated carbocycles. The summed E-state index contributed by atoms with van der Waals surface area (Å²) < 4.78 is 0. The summed E-state index contributed by atoms with van der Waals surface area (Å²) >= 11 is 0. The van der Waals surface area contributed by atoms with Gasteiger partial charge in [-0.2, -0.15) is 0 Å². The Morgan fingerprint density at radius 1 is 1.21 bits per heavy atom. The average Bonchev–Trinajstić information content (AvgIpc) is 2.28. The van der Waals surface area contributed by atoms with E-state index >= 15 is 0 Å². The summed E-state index contributed by atoms with van der Waals surface area (Å²) in [5.74, 6) is -0.189. The van der Waals surface area contributed by atoms with Gasteiger partial charge in [0.05, 0.1) is 0 Å². The van der Waals surface area contributed by atoms with Crippen molar-refractivity contribution in [3.63, 3.8) is 0 Å². The molecule has 0 atom stereocenters. The molecule has 0 heterocycles. The van der Waals surface area contributed by atoms with Crippen LogP contribution < -0.4 is 22.1 Å². The van der Waals surface area contributed by atoms with Crippen LogP contribution in [0.4, 0.5) is 0 Å². The Bertz CT molecular complexity index is 274. The first-order valence-corrected chi connectivity index (χ1v) is 6.34. The highest BCUT2D eigenvalue weighted by Gasteiger charge is 2.20. The smallest absolute Gasteiger partial charge is 0.243 e. The number of hydrogen-bond donors (Lipinski definition) is 4. The Labute approximate surface area is 116 Å². The molecule has 19 heavy (non-hydrogen) atoms. The Hall–Kier alpha value is -1.24. The zero-order valence-electron chi connectivity index (χ0n) is 12.3. The van der Waals surface area contributed by atoms with E-state index in [0.29, 0.717) is 19.5 Å². The molecule has 6 nitrogen and oxygen atoms in total. The summed E-state index contributed by atoms with van der Waals surface area (Å²) in [5.41, 5.74) is 9.86. The molecule has 0 aliphatic heterocycles. The number of amides is 1. The topological polar surface area (TPSA) is 110 Å². The van der Waals surface area contributed by atoms with Crippen molar-refractivity contribution in [2.75, 3.05) is 26.2 Å². The van der Waals surface area contributed by atoms with Gasteiger partial charge in [0.25, 0.3) is 0 Å². The lowest BCUT2D eigenvalue weighted by molar-refractivity contribution is -0.120.